The zero-order valence-electron chi connectivity index (χ0n) is 14.0. The number of nitrogens with one attached hydrogen (secondary N) is 2. The van der Waals surface area contributed by atoms with Gasteiger partial charge in [-0.05, 0) is 25.3 Å². The highest BCUT2D eigenvalue weighted by atomic mass is 32.2. The number of H-pyrrole nitrogens is 1. The number of carbonyl (C=O) groups excluding carboxylic acids is 2. The summed E-state index contributed by atoms with van der Waals surface area (Å²) >= 11 is 1.91. The first-order chi connectivity index (χ1) is 12.2. The van der Waals surface area contributed by atoms with Crippen molar-refractivity contribution >= 4 is 34.5 Å². The van der Waals surface area contributed by atoms with E-state index in [0.29, 0.717) is 5.69 Å². The Balaban J connectivity index is 1.37. The zero-order chi connectivity index (χ0) is 17.2. The van der Waals surface area contributed by atoms with Crippen molar-refractivity contribution in [3.63, 3.8) is 0 Å². The molecule has 2 atom stereocenters. The van der Waals surface area contributed by atoms with E-state index < -0.39 is 0 Å². The van der Waals surface area contributed by atoms with Crippen molar-refractivity contribution < 1.29 is 9.59 Å². The molecule has 1 aromatic heterocycles. The van der Waals surface area contributed by atoms with Crippen LogP contribution < -0.4 is 5.32 Å². The minimum Gasteiger partial charge on any atom is -0.348 e. The molecule has 1 aliphatic carbocycles. The summed E-state index contributed by atoms with van der Waals surface area (Å²) in [5, 5.41) is 10.9. The summed E-state index contributed by atoms with van der Waals surface area (Å²) in [5.41, 5.74) is 1.29. The SMILES string of the molecule is O=C(N[C@@H]1CC[C@H](C(=O)N2CCSCC2)C1)c1n[nH]c2ccccc12. The molecule has 0 spiro atoms. The third-order valence-electron chi connectivity index (χ3n) is 5.13. The van der Waals surface area contributed by atoms with E-state index in [9.17, 15) is 9.59 Å². The number of rotatable bonds is 3. The largest absolute Gasteiger partial charge is 0.348 e. The van der Waals surface area contributed by atoms with E-state index in [-0.39, 0.29) is 23.8 Å². The molecule has 2 aliphatic rings. The van der Waals surface area contributed by atoms with Gasteiger partial charge in [0.2, 0.25) is 5.91 Å². The van der Waals surface area contributed by atoms with Crippen molar-refractivity contribution in [2.24, 2.45) is 5.92 Å². The van der Waals surface area contributed by atoms with Crippen molar-refractivity contribution in [3.05, 3.63) is 30.0 Å². The van der Waals surface area contributed by atoms with Crippen LogP contribution in [0.25, 0.3) is 10.9 Å². The Labute approximate surface area is 150 Å². The van der Waals surface area contributed by atoms with Crippen LogP contribution in [0.1, 0.15) is 29.8 Å². The van der Waals surface area contributed by atoms with Crippen LogP contribution in [-0.2, 0) is 4.79 Å². The number of carbonyl (C=O) groups is 2. The van der Waals surface area contributed by atoms with Crippen LogP contribution in [0.15, 0.2) is 24.3 Å². The first-order valence-corrected chi connectivity index (χ1v) is 9.98. The van der Waals surface area contributed by atoms with Gasteiger partial charge in [-0.1, -0.05) is 18.2 Å². The molecule has 0 radical (unpaired) electrons. The van der Waals surface area contributed by atoms with Gasteiger partial charge in [-0.25, -0.2) is 0 Å². The second-order valence-electron chi connectivity index (χ2n) is 6.74. The molecule has 2 aromatic rings. The van der Waals surface area contributed by atoms with E-state index in [2.05, 4.69) is 15.5 Å². The minimum atomic E-state index is -0.162. The van der Waals surface area contributed by atoms with Crippen LogP contribution in [-0.4, -0.2) is 57.5 Å². The highest BCUT2D eigenvalue weighted by molar-refractivity contribution is 7.99. The fourth-order valence-corrected chi connectivity index (χ4v) is 4.67. The summed E-state index contributed by atoms with van der Waals surface area (Å²) < 4.78 is 0. The zero-order valence-corrected chi connectivity index (χ0v) is 14.8. The van der Waals surface area contributed by atoms with Crippen LogP contribution in [0.2, 0.25) is 0 Å². The van der Waals surface area contributed by atoms with Gasteiger partial charge < -0.3 is 10.2 Å². The molecule has 6 nitrogen and oxygen atoms in total. The van der Waals surface area contributed by atoms with Crippen molar-refractivity contribution in [2.45, 2.75) is 25.3 Å². The Morgan fingerprint density at radius 3 is 2.84 bits per heavy atom. The third kappa shape index (κ3) is 3.38. The minimum absolute atomic E-state index is 0.0457. The topological polar surface area (TPSA) is 78.1 Å². The molecule has 2 heterocycles. The summed E-state index contributed by atoms with van der Waals surface area (Å²) in [6.45, 7) is 1.71. The van der Waals surface area contributed by atoms with Gasteiger partial charge in [0.25, 0.3) is 5.91 Å². The Bertz CT molecular complexity index is 784. The fourth-order valence-electron chi connectivity index (χ4n) is 3.77. The van der Waals surface area contributed by atoms with Crippen molar-refractivity contribution in [2.75, 3.05) is 24.6 Å². The number of benzene rings is 1. The highest BCUT2D eigenvalue weighted by Crippen LogP contribution is 2.28. The number of aromatic nitrogens is 2. The molecule has 1 saturated carbocycles. The van der Waals surface area contributed by atoms with Gasteiger partial charge in [0.1, 0.15) is 0 Å². The molecule has 1 aliphatic heterocycles. The Morgan fingerprint density at radius 1 is 1.20 bits per heavy atom. The molecule has 2 fully saturated rings. The van der Waals surface area contributed by atoms with Gasteiger partial charge >= 0.3 is 0 Å². The van der Waals surface area contributed by atoms with E-state index in [1.165, 1.54) is 0 Å². The monoisotopic (exact) mass is 358 g/mol. The first-order valence-electron chi connectivity index (χ1n) is 8.83. The van der Waals surface area contributed by atoms with Crippen LogP contribution in [0.5, 0.6) is 0 Å². The lowest BCUT2D eigenvalue weighted by atomic mass is 10.1. The van der Waals surface area contributed by atoms with Crippen molar-refractivity contribution in [3.8, 4) is 0 Å². The quantitative estimate of drug-likeness (QED) is 0.880. The van der Waals surface area contributed by atoms with Gasteiger partial charge in [0.15, 0.2) is 5.69 Å². The van der Waals surface area contributed by atoms with Crippen LogP contribution in [0, 0.1) is 5.92 Å². The second-order valence-corrected chi connectivity index (χ2v) is 7.96. The average molecular weight is 358 g/mol. The molecule has 1 saturated heterocycles. The van der Waals surface area contributed by atoms with Gasteiger partial charge in [-0.3, -0.25) is 14.7 Å². The Kier molecular flexibility index (Phi) is 4.65. The third-order valence-corrected chi connectivity index (χ3v) is 6.07. The van der Waals surface area contributed by atoms with Gasteiger partial charge in [0.05, 0.1) is 5.52 Å². The summed E-state index contributed by atoms with van der Waals surface area (Å²) in [6.07, 6.45) is 2.44. The molecule has 0 bridgehead atoms. The molecule has 1 aromatic carbocycles. The average Bonchev–Trinajstić information content (AvgIpc) is 3.28. The Morgan fingerprint density at radius 2 is 2.00 bits per heavy atom. The lowest BCUT2D eigenvalue weighted by molar-refractivity contribution is -0.135. The van der Waals surface area contributed by atoms with E-state index in [1.807, 2.05) is 40.9 Å². The maximum Gasteiger partial charge on any atom is 0.272 e. The molecule has 25 heavy (non-hydrogen) atoms. The van der Waals surface area contributed by atoms with Gasteiger partial charge in [0, 0.05) is 41.9 Å². The molecule has 7 heteroatoms. The summed E-state index contributed by atoms with van der Waals surface area (Å²) in [7, 11) is 0. The summed E-state index contributed by atoms with van der Waals surface area (Å²) in [4.78, 5) is 27.2. The van der Waals surface area contributed by atoms with Crippen LogP contribution in [0.3, 0.4) is 0 Å². The highest BCUT2D eigenvalue weighted by Gasteiger charge is 2.34. The van der Waals surface area contributed by atoms with E-state index >= 15 is 0 Å². The first kappa shape index (κ1) is 16.4. The second kappa shape index (κ2) is 7.07. The fraction of sp³-hybridized carbons (Fsp3) is 0.500. The lowest BCUT2D eigenvalue weighted by Gasteiger charge is -2.29. The van der Waals surface area contributed by atoms with E-state index in [4.69, 9.17) is 0 Å². The smallest absolute Gasteiger partial charge is 0.272 e. The van der Waals surface area contributed by atoms with Gasteiger partial charge in [-0.15, -0.1) is 0 Å². The van der Waals surface area contributed by atoms with Crippen LogP contribution >= 0.6 is 11.8 Å². The normalized spacial score (nSPS) is 23.8. The maximum absolute atomic E-state index is 12.6. The van der Waals surface area contributed by atoms with Crippen molar-refractivity contribution in [1.82, 2.24) is 20.4 Å². The molecule has 2 amide bonds. The molecule has 132 valence electrons. The number of hydrogen-bond donors (Lipinski definition) is 2. The standard InChI is InChI=1S/C18H22N4O2S/c23-17(16-14-3-1-2-4-15(14)20-21-16)19-13-6-5-12(11-13)18(24)22-7-9-25-10-8-22/h1-4,12-13H,5-11H2,(H,19,23)(H,20,21)/t12-,13+/m0/s1. The number of hydrogen-bond acceptors (Lipinski definition) is 4. The number of amides is 2. The lowest BCUT2D eigenvalue weighted by Crippen LogP contribution is -2.41. The van der Waals surface area contributed by atoms with Crippen molar-refractivity contribution in [1.29, 1.82) is 0 Å². The summed E-state index contributed by atoms with van der Waals surface area (Å²) in [6, 6.07) is 7.66. The molecule has 4 rings (SSSR count). The maximum atomic E-state index is 12.6. The molecule has 0 unspecified atom stereocenters. The van der Waals surface area contributed by atoms with Crippen LogP contribution in [0.4, 0.5) is 0 Å². The molecular weight excluding hydrogens is 336 g/mol. The molecule has 2 N–H and O–H groups in total. The summed E-state index contributed by atoms with van der Waals surface area (Å²) in [5.74, 6) is 2.21. The Hall–Kier alpha value is -2.02. The van der Waals surface area contributed by atoms with Gasteiger partial charge in [-0.2, -0.15) is 16.9 Å². The number of aromatic amines is 1. The number of fused-ring (bicyclic) bond motifs is 1. The number of thioether (sulfide) groups is 1. The van der Waals surface area contributed by atoms with E-state index in [1.54, 1.807) is 0 Å². The predicted octanol–water partition coefficient (Wildman–Crippen LogP) is 2.04. The number of para-hydroxylation sites is 1. The molecular formula is C18H22N4O2S. The predicted molar refractivity (Wildman–Crippen MR) is 98.6 cm³/mol. The number of nitrogens with zero attached hydrogens (tertiary/aromatic N) is 2. The van der Waals surface area contributed by atoms with E-state index in [0.717, 1.165) is 54.8 Å².